The molecule has 43 heteroatoms. The van der Waals surface area contributed by atoms with Crippen LogP contribution in [0.5, 0.6) is 5.75 Å². The number of rotatable bonds is 26. The van der Waals surface area contributed by atoms with E-state index >= 15 is 38.4 Å². The number of para-hydroxylation sites is 2. The number of unbranched alkanes of at least 4 members (excludes halogenated alkanes) is 2. The van der Waals surface area contributed by atoms with E-state index in [1.54, 1.807) is 60.9 Å². The molecule has 3 aromatic carbocycles. The van der Waals surface area contributed by atoms with Crippen molar-refractivity contribution in [1.82, 2.24) is 87.6 Å². The Labute approximate surface area is 760 Å². The number of carboxylic acid groups (broad SMARTS) is 2. The standard InChI is InChI=1S/C88H123N21O21S/c1-5-7-22-66-80(122)98-57(21-13-34-89)76(118)104-65(75(117)95-46-71(92)111)47-131-48-72(112)96-61(39-49-27-29-52(110)30-28-49)86(128)108-37-15-25-68(108)82(124)102-63(42-74(115)116)87(129)109-38-16-26-69(109)83(125)103-64(43-91)79(121)99-59(31-32-73(113)114)85(127)107-36-14-24-67(107)81(123)100-60(40-50-44-93-55-19-11-9-17-53(50)55)78(120)97-58(33-35-90)77(119)101-62(41-51-45-94-56-20-12-10-18-54(51)56)84(126)106(4)70(23-8-6-2)88(130)105(66)3/h9-12,17-20,27-30,44-45,57-70,93-94,110H,5-8,13-16,21-26,31-43,46-48,89-91H2,1-4H3,(H2,92,111)(H,95,117)(H,96,112)(H,97,120)(H,98,122)(H,99,121)(H,100,123)(H,101,119)(H,102,124)(H,103,125)(H,104,118)(H,113,114)(H,115,116)/t57-,58-,59-,60-,61-,62-,63-,64-,65-,66-,67-,68-,69-,70-/m0/s1. The third-order valence-corrected chi connectivity index (χ3v) is 25.0. The number of nitrogens with one attached hydrogen (secondary N) is 12. The number of carboxylic acids is 2. The van der Waals surface area contributed by atoms with Crippen molar-refractivity contribution in [2.45, 2.75) is 233 Å². The van der Waals surface area contributed by atoms with Gasteiger partial charge in [0.25, 0.3) is 0 Å². The van der Waals surface area contributed by atoms with Gasteiger partial charge in [-0.15, -0.1) is 11.8 Å². The van der Waals surface area contributed by atoms with Gasteiger partial charge >= 0.3 is 11.9 Å². The van der Waals surface area contributed by atoms with E-state index in [0.29, 0.717) is 64.2 Å². The first-order chi connectivity index (χ1) is 62.7. The SMILES string of the molecule is CCCC[C@H]1C(=O)N(C)[C@@H](CCCC)C(=O)N[C@@H](CCCN)C(=O)N[C@H](C(=O)NCC(N)=O)CSCC(=O)N[C@@H](Cc2ccc(O)cc2)C(=O)N2CCC[C@H]2C(=O)N[C@@H](CC(=O)O)C(=O)N2CCC[C@H]2C(=O)N[C@@H](CN)C(=O)N[C@@H](CCC(=O)O)C(=O)N2CCC[C@H]2C(=O)N[C@@H](Cc2c[nH]c3ccccc23)C(=O)N[C@@H](CCN)C(=O)N[C@@H](Cc2c[nH]c3ccccc23)C(=O)N1C. The predicted molar refractivity (Wildman–Crippen MR) is 479 cm³/mol. The number of amides is 16. The molecule has 0 saturated carbocycles. The van der Waals surface area contributed by atoms with Crippen LogP contribution in [-0.4, -0.2) is 312 Å². The molecule has 712 valence electrons. The zero-order valence-electron chi connectivity index (χ0n) is 74.0. The summed E-state index contributed by atoms with van der Waals surface area (Å²) in [4.78, 5) is 273. The van der Waals surface area contributed by atoms with Gasteiger partial charge in [-0.05, 0) is 131 Å². The third kappa shape index (κ3) is 27.9. The van der Waals surface area contributed by atoms with E-state index in [9.17, 15) is 63.3 Å². The summed E-state index contributed by atoms with van der Waals surface area (Å²) in [5, 5.41) is 58.1. The fourth-order valence-corrected chi connectivity index (χ4v) is 17.8. The predicted octanol–water partition coefficient (Wildman–Crippen LogP) is -2.51. The molecule has 9 rings (SSSR count). The minimum Gasteiger partial charge on any atom is -0.508 e. The highest BCUT2D eigenvalue weighted by molar-refractivity contribution is 8.00. The van der Waals surface area contributed by atoms with Gasteiger partial charge < -0.3 is 126 Å². The zero-order valence-corrected chi connectivity index (χ0v) is 74.8. The molecule has 42 nitrogen and oxygen atoms in total. The highest BCUT2D eigenvalue weighted by Gasteiger charge is 2.47. The van der Waals surface area contributed by atoms with Crippen molar-refractivity contribution in [3.05, 3.63) is 102 Å². The Morgan fingerprint density at radius 3 is 1.45 bits per heavy atom. The lowest BCUT2D eigenvalue weighted by Gasteiger charge is -2.36. The minimum absolute atomic E-state index is 0.00629. The normalized spacial score (nSPS) is 25.0. The average Bonchev–Trinajstić information content (AvgIpc) is 1.20. The number of nitrogens with zero attached hydrogens (tertiary/aromatic N) is 5. The van der Waals surface area contributed by atoms with E-state index in [1.165, 1.54) is 48.2 Å². The lowest BCUT2D eigenvalue weighted by molar-refractivity contribution is -0.149. The van der Waals surface area contributed by atoms with Crippen LogP contribution in [0.2, 0.25) is 0 Å². The van der Waals surface area contributed by atoms with E-state index < -0.39 is 235 Å². The highest BCUT2D eigenvalue weighted by atomic mass is 32.2. The van der Waals surface area contributed by atoms with Crippen LogP contribution >= 0.6 is 11.8 Å². The number of primary amides is 1. The Balaban J connectivity index is 1.08. The number of thioether (sulfide) groups is 1. The number of aromatic nitrogens is 2. The van der Waals surface area contributed by atoms with Crippen LogP contribution in [0.4, 0.5) is 0 Å². The maximum atomic E-state index is 15.8. The van der Waals surface area contributed by atoms with Gasteiger partial charge in [-0.2, -0.15) is 0 Å². The van der Waals surface area contributed by atoms with Gasteiger partial charge in [0.15, 0.2) is 0 Å². The van der Waals surface area contributed by atoms with Crippen LogP contribution < -0.4 is 76.1 Å². The molecule has 2 aromatic heterocycles. The number of likely N-dealkylation sites (N-methyl/N-ethyl adjacent to an activating group) is 2. The third-order valence-electron chi connectivity index (χ3n) is 24.0. The number of carbonyl (C=O) groups is 18. The molecule has 4 aliphatic rings. The van der Waals surface area contributed by atoms with Crippen LogP contribution in [-0.2, 0) is 106 Å². The molecule has 14 atom stereocenters. The molecular weight excluding hydrogens is 1720 g/mol. The molecule has 4 fully saturated rings. The summed E-state index contributed by atoms with van der Waals surface area (Å²) in [6.45, 7) is 1.74. The Morgan fingerprint density at radius 1 is 0.458 bits per heavy atom. The van der Waals surface area contributed by atoms with Crippen molar-refractivity contribution < 1.29 is 102 Å². The van der Waals surface area contributed by atoms with Crippen molar-refractivity contribution in [3.8, 4) is 5.75 Å². The van der Waals surface area contributed by atoms with Crippen LogP contribution in [0, 0.1) is 0 Å². The largest absolute Gasteiger partial charge is 0.508 e. The van der Waals surface area contributed by atoms with Gasteiger partial charge in [0.1, 0.15) is 90.3 Å². The van der Waals surface area contributed by atoms with Crippen LogP contribution in [0.25, 0.3) is 21.8 Å². The number of hydrogen-bond donors (Lipinski definition) is 19. The Kier molecular flexibility index (Phi) is 38.4. The van der Waals surface area contributed by atoms with E-state index in [0.717, 1.165) is 26.5 Å². The first kappa shape index (κ1) is 102. The summed E-state index contributed by atoms with van der Waals surface area (Å²) >= 11 is 0.784. The smallest absolute Gasteiger partial charge is 0.305 e. The maximum Gasteiger partial charge on any atom is 0.305 e. The topological polar surface area (TPSA) is 640 Å². The lowest BCUT2D eigenvalue weighted by Crippen LogP contribution is -2.61. The van der Waals surface area contributed by atoms with Crippen LogP contribution in [0.1, 0.15) is 146 Å². The highest BCUT2D eigenvalue weighted by Crippen LogP contribution is 2.29. The Morgan fingerprint density at radius 2 is 0.916 bits per heavy atom. The number of fused-ring (bicyclic) bond motifs is 5. The van der Waals surface area contributed by atoms with Crippen molar-refractivity contribution in [1.29, 1.82) is 0 Å². The maximum absolute atomic E-state index is 15.8. The van der Waals surface area contributed by atoms with Crippen molar-refractivity contribution in [2.75, 3.05) is 71.4 Å². The van der Waals surface area contributed by atoms with Crippen molar-refractivity contribution in [3.63, 3.8) is 0 Å². The summed E-state index contributed by atoms with van der Waals surface area (Å²) in [7, 11) is 2.75. The van der Waals surface area contributed by atoms with Crippen molar-refractivity contribution in [2.24, 2.45) is 22.9 Å². The molecule has 4 saturated heterocycles. The first-order valence-electron chi connectivity index (χ1n) is 44.4. The molecule has 0 unspecified atom stereocenters. The average molecular weight is 1840 g/mol. The summed E-state index contributed by atoms with van der Waals surface area (Å²) in [5.41, 5.74) is 26.6. The second-order valence-corrected chi connectivity index (χ2v) is 34.4. The molecule has 0 bridgehead atoms. The van der Waals surface area contributed by atoms with E-state index in [2.05, 4.69) is 63.1 Å². The summed E-state index contributed by atoms with van der Waals surface area (Å²) < 4.78 is 0. The molecule has 23 N–H and O–H groups in total. The molecule has 0 radical (unpaired) electrons. The van der Waals surface area contributed by atoms with Gasteiger partial charge in [-0.25, -0.2) is 0 Å². The quantitative estimate of drug-likeness (QED) is 0.0272. The number of phenols is 1. The molecule has 6 heterocycles. The summed E-state index contributed by atoms with van der Waals surface area (Å²) in [6, 6.07) is -1.52. The second kappa shape index (κ2) is 49.3. The van der Waals surface area contributed by atoms with E-state index in [-0.39, 0.29) is 128 Å². The number of aromatic hydroxyl groups is 1. The number of carbonyl (C=O) groups excluding carboxylic acids is 16. The minimum atomic E-state index is -1.88. The Bertz CT molecular complexity index is 4930. The number of phenolic OH excluding ortho intramolecular Hbond substituents is 1. The molecule has 16 amide bonds. The molecule has 4 aliphatic heterocycles. The van der Waals surface area contributed by atoms with Crippen LogP contribution in [0.15, 0.2) is 85.2 Å². The van der Waals surface area contributed by atoms with Gasteiger partial charge in [0.05, 0.1) is 18.7 Å². The monoisotopic (exact) mass is 1840 g/mol. The van der Waals surface area contributed by atoms with E-state index in [4.69, 9.17) is 22.9 Å². The molecule has 131 heavy (non-hydrogen) atoms. The van der Waals surface area contributed by atoms with Gasteiger partial charge in [-0.1, -0.05) is 88.1 Å². The van der Waals surface area contributed by atoms with Crippen LogP contribution in [0.3, 0.4) is 0 Å². The molecular formula is C88H123N21O21S. The molecule has 5 aromatic rings. The summed E-state index contributed by atoms with van der Waals surface area (Å²) in [6.07, 6.45) is 2.17. The number of H-pyrrole nitrogens is 2. The fraction of sp³-hybridized carbons (Fsp3) is 0.545. The summed E-state index contributed by atoms with van der Waals surface area (Å²) in [5.74, 6) is -18.7. The molecule has 0 aliphatic carbocycles. The van der Waals surface area contributed by atoms with Gasteiger partial charge in [0.2, 0.25) is 94.5 Å². The number of benzene rings is 3. The number of nitrogens with two attached hydrogens (primary N) is 4. The lowest BCUT2D eigenvalue weighted by atomic mass is 9.99. The van der Waals surface area contributed by atoms with E-state index in [1.807, 2.05) is 13.8 Å². The molecule has 0 spiro atoms. The number of hydrogen-bond acceptors (Lipinski definition) is 23. The fourth-order valence-electron chi connectivity index (χ4n) is 16.9. The number of aliphatic carboxylic acids is 2. The first-order valence-corrected chi connectivity index (χ1v) is 45.6. The van der Waals surface area contributed by atoms with Crippen molar-refractivity contribution >= 4 is 140 Å². The second-order valence-electron chi connectivity index (χ2n) is 33.4. The number of aromatic amines is 2. The zero-order chi connectivity index (χ0) is 95.3. The van der Waals surface area contributed by atoms with Gasteiger partial charge in [-0.3, -0.25) is 86.3 Å². The van der Waals surface area contributed by atoms with Gasteiger partial charge in [0, 0.05) is 106 Å². The Hall–Kier alpha value is -12.8.